The molecule has 7 nitrogen and oxygen atoms in total. The normalized spacial score (nSPS) is 12.2. The molecule has 2 heterocycles. The van der Waals surface area contributed by atoms with Gasteiger partial charge in [-0.1, -0.05) is 47.1 Å². The van der Waals surface area contributed by atoms with E-state index >= 15 is 0 Å². The Balaban J connectivity index is 1.62. The molecule has 0 spiro atoms. The lowest BCUT2D eigenvalue weighted by Crippen LogP contribution is -2.32. The van der Waals surface area contributed by atoms with Crippen molar-refractivity contribution < 1.29 is 14.4 Å². The summed E-state index contributed by atoms with van der Waals surface area (Å²) in [6, 6.07) is 16.3. The molecule has 0 saturated carbocycles. The van der Waals surface area contributed by atoms with E-state index in [1.807, 2.05) is 30.3 Å². The lowest BCUT2D eigenvalue weighted by atomic mass is 10.1. The van der Waals surface area contributed by atoms with E-state index in [0.29, 0.717) is 27.6 Å². The maximum atomic E-state index is 12.8. The number of aromatic nitrogens is 3. The molecule has 8 heteroatoms. The van der Waals surface area contributed by atoms with Gasteiger partial charge in [-0.25, -0.2) is 4.68 Å². The first-order chi connectivity index (χ1) is 14.0. The predicted molar refractivity (Wildman–Crippen MR) is 109 cm³/mol. The van der Waals surface area contributed by atoms with Crippen LogP contribution in [0.2, 0.25) is 5.02 Å². The van der Waals surface area contributed by atoms with E-state index in [2.05, 4.69) is 10.3 Å². The molecule has 0 aliphatic rings. The Morgan fingerprint density at radius 2 is 1.90 bits per heavy atom. The molecule has 148 valence electrons. The summed E-state index contributed by atoms with van der Waals surface area (Å²) < 4.78 is 12.0. The van der Waals surface area contributed by atoms with Crippen LogP contribution in [0.3, 0.4) is 0 Å². The van der Waals surface area contributed by atoms with E-state index in [1.54, 1.807) is 31.2 Å². The average Bonchev–Trinajstić information content (AvgIpc) is 3.12. The van der Waals surface area contributed by atoms with Gasteiger partial charge in [0.05, 0.1) is 11.9 Å². The quantitative estimate of drug-likeness (QED) is 0.522. The molecule has 1 unspecified atom stereocenters. The van der Waals surface area contributed by atoms with Gasteiger partial charge in [0.2, 0.25) is 0 Å². The molecule has 0 aliphatic carbocycles. The molecule has 1 atom stereocenters. The molecule has 2 aromatic carbocycles. The smallest absolute Gasteiger partial charge is 0.296 e. The first-order valence-electron chi connectivity index (χ1n) is 9.02. The number of nitrogens with zero attached hydrogens (tertiary/aromatic N) is 3. The summed E-state index contributed by atoms with van der Waals surface area (Å²) in [5.41, 5.74) is 1.15. The number of rotatable bonds is 6. The molecular formula is C21H18ClN3O4. The summed E-state index contributed by atoms with van der Waals surface area (Å²) in [5.74, 6) is 1.09. The topological polar surface area (TPSA) is 90.4 Å². The van der Waals surface area contributed by atoms with Gasteiger partial charge in [0.1, 0.15) is 29.9 Å². The number of fused-ring (bicyclic) bond motifs is 1. The van der Waals surface area contributed by atoms with Crippen molar-refractivity contribution in [2.75, 3.05) is 6.61 Å². The van der Waals surface area contributed by atoms with Crippen LogP contribution >= 0.6 is 11.6 Å². The fourth-order valence-electron chi connectivity index (χ4n) is 3.03. The van der Waals surface area contributed by atoms with E-state index in [9.17, 15) is 9.90 Å². The lowest BCUT2D eigenvalue weighted by Gasteiger charge is -2.14. The SMILES string of the molecule is Cc1onc2c(=O)n(CC(O)COc3ccc(Cl)cc3)nc(-c3ccccc3)c12. The maximum Gasteiger partial charge on any atom is 0.296 e. The molecule has 0 aliphatic heterocycles. The average molecular weight is 412 g/mol. The van der Waals surface area contributed by atoms with Gasteiger partial charge in [0.25, 0.3) is 5.56 Å². The summed E-state index contributed by atoms with van der Waals surface area (Å²) >= 11 is 5.85. The zero-order valence-corrected chi connectivity index (χ0v) is 16.3. The molecule has 0 radical (unpaired) electrons. The van der Waals surface area contributed by atoms with Gasteiger partial charge in [-0.05, 0) is 31.2 Å². The Kier molecular flexibility index (Phi) is 5.33. The third kappa shape index (κ3) is 4.01. The fraction of sp³-hybridized carbons (Fsp3) is 0.190. The number of halogens is 1. The van der Waals surface area contributed by atoms with E-state index in [-0.39, 0.29) is 18.7 Å². The number of hydrogen-bond acceptors (Lipinski definition) is 6. The molecule has 0 amide bonds. The van der Waals surface area contributed by atoms with Gasteiger partial charge >= 0.3 is 0 Å². The molecule has 0 saturated heterocycles. The lowest BCUT2D eigenvalue weighted by molar-refractivity contribution is 0.0882. The van der Waals surface area contributed by atoms with Crippen molar-refractivity contribution in [3.05, 3.63) is 75.7 Å². The Morgan fingerprint density at radius 1 is 1.17 bits per heavy atom. The summed E-state index contributed by atoms with van der Waals surface area (Å²) in [6.07, 6.45) is -0.954. The van der Waals surface area contributed by atoms with Crippen molar-refractivity contribution >= 4 is 22.5 Å². The molecule has 0 fully saturated rings. The zero-order chi connectivity index (χ0) is 20.4. The summed E-state index contributed by atoms with van der Waals surface area (Å²) in [4.78, 5) is 12.8. The summed E-state index contributed by atoms with van der Waals surface area (Å²) in [7, 11) is 0. The van der Waals surface area contributed by atoms with Crippen molar-refractivity contribution in [1.82, 2.24) is 14.9 Å². The number of aryl methyl sites for hydroxylation is 1. The van der Waals surface area contributed by atoms with Crippen LogP contribution in [0, 0.1) is 6.92 Å². The fourth-order valence-corrected chi connectivity index (χ4v) is 3.16. The number of aliphatic hydroxyl groups is 1. The van der Waals surface area contributed by atoms with Crippen molar-refractivity contribution in [2.24, 2.45) is 0 Å². The van der Waals surface area contributed by atoms with E-state index in [1.165, 1.54) is 4.68 Å². The second-order valence-corrected chi connectivity index (χ2v) is 7.02. The highest BCUT2D eigenvalue weighted by molar-refractivity contribution is 6.30. The largest absolute Gasteiger partial charge is 0.491 e. The van der Waals surface area contributed by atoms with Crippen LogP contribution in [0.25, 0.3) is 22.2 Å². The Hall–Kier alpha value is -3.16. The molecule has 29 heavy (non-hydrogen) atoms. The molecule has 2 aromatic heterocycles. The second kappa shape index (κ2) is 8.06. The van der Waals surface area contributed by atoms with Gasteiger partial charge in [0.15, 0.2) is 5.52 Å². The molecule has 0 bridgehead atoms. The molecular weight excluding hydrogens is 394 g/mol. The minimum absolute atomic E-state index is 0.00764. The first kappa shape index (κ1) is 19.2. The maximum absolute atomic E-state index is 12.8. The van der Waals surface area contributed by atoms with Gasteiger partial charge in [-0.15, -0.1) is 0 Å². The van der Waals surface area contributed by atoms with Crippen LogP contribution in [-0.2, 0) is 6.54 Å². The van der Waals surface area contributed by atoms with Crippen LogP contribution < -0.4 is 10.3 Å². The van der Waals surface area contributed by atoms with E-state index < -0.39 is 11.7 Å². The Bertz CT molecular complexity index is 1190. The number of aliphatic hydroxyl groups excluding tert-OH is 1. The van der Waals surface area contributed by atoms with E-state index in [4.69, 9.17) is 20.9 Å². The van der Waals surface area contributed by atoms with Crippen molar-refractivity contribution in [2.45, 2.75) is 19.6 Å². The monoisotopic (exact) mass is 411 g/mol. The van der Waals surface area contributed by atoms with Gasteiger partial charge in [0, 0.05) is 10.6 Å². The van der Waals surface area contributed by atoms with Crippen LogP contribution in [0.5, 0.6) is 5.75 Å². The zero-order valence-electron chi connectivity index (χ0n) is 15.6. The number of ether oxygens (including phenoxy) is 1. The highest BCUT2D eigenvalue weighted by Gasteiger charge is 2.20. The van der Waals surface area contributed by atoms with Gasteiger partial charge < -0.3 is 14.4 Å². The summed E-state index contributed by atoms with van der Waals surface area (Å²) in [5, 5.41) is 19.9. The highest BCUT2D eigenvalue weighted by Crippen LogP contribution is 2.27. The molecule has 4 rings (SSSR count). The third-order valence-corrected chi connectivity index (χ3v) is 4.70. The number of benzene rings is 2. The van der Waals surface area contributed by atoms with Crippen LogP contribution in [0.15, 0.2) is 63.9 Å². The second-order valence-electron chi connectivity index (χ2n) is 6.58. The predicted octanol–water partition coefficient (Wildman–Crippen LogP) is 3.45. The third-order valence-electron chi connectivity index (χ3n) is 4.44. The van der Waals surface area contributed by atoms with Crippen molar-refractivity contribution in [3.8, 4) is 17.0 Å². The van der Waals surface area contributed by atoms with Crippen LogP contribution in [0.4, 0.5) is 0 Å². The van der Waals surface area contributed by atoms with Gasteiger partial charge in [-0.3, -0.25) is 4.79 Å². The molecule has 4 aromatic rings. The Morgan fingerprint density at radius 3 is 2.62 bits per heavy atom. The first-order valence-corrected chi connectivity index (χ1v) is 9.39. The van der Waals surface area contributed by atoms with Crippen molar-refractivity contribution in [3.63, 3.8) is 0 Å². The number of hydrogen-bond donors (Lipinski definition) is 1. The van der Waals surface area contributed by atoms with Gasteiger partial charge in [-0.2, -0.15) is 5.10 Å². The van der Waals surface area contributed by atoms with Crippen LogP contribution in [-0.4, -0.2) is 32.8 Å². The Labute approximate surface area is 171 Å². The standard InChI is InChI=1S/C21H18ClN3O4/c1-13-18-19(14-5-3-2-4-6-14)23-25(21(27)20(18)24-29-13)11-16(26)12-28-17-9-7-15(22)8-10-17/h2-10,16,26H,11-12H2,1H3. The van der Waals surface area contributed by atoms with Crippen LogP contribution in [0.1, 0.15) is 5.76 Å². The minimum atomic E-state index is -0.954. The van der Waals surface area contributed by atoms with Crippen molar-refractivity contribution in [1.29, 1.82) is 0 Å². The minimum Gasteiger partial charge on any atom is -0.491 e. The van der Waals surface area contributed by atoms with E-state index in [0.717, 1.165) is 5.56 Å². The summed E-state index contributed by atoms with van der Waals surface area (Å²) in [6.45, 7) is 1.68. The molecule has 1 N–H and O–H groups in total. The highest BCUT2D eigenvalue weighted by atomic mass is 35.5.